The summed E-state index contributed by atoms with van der Waals surface area (Å²) in [7, 11) is 2.46. The number of benzene rings is 3. The van der Waals surface area contributed by atoms with E-state index in [0.29, 0.717) is 5.41 Å². The van der Waals surface area contributed by atoms with E-state index in [9.17, 15) is 0 Å². The first-order valence-electron chi connectivity index (χ1n) is 11.1. The highest BCUT2D eigenvalue weighted by Crippen LogP contribution is 2.47. The number of likely N-dealkylation sites (N-methyl/N-ethyl adjacent to an activating group) is 1. The Labute approximate surface area is 175 Å². The van der Waals surface area contributed by atoms with Gasteiger partial charge >= 0.3 is 0 Å². The molecule has 0 spiro atoms. The molecule has 1 heteroatoms. The first-order valence-corrected chi connectivity index (χ1v) is 11.1. The molecular weight excluding hydrogens is 350 g/mol. The summed E-state index contributed by atoms with van der Waals surface area (Å²) >= 11 is 0. The number of rotatable bonds is 3. The SMILES string of the molecule is Cc1ccc(-c2ccc(-c3ccc([C@@]4(C)C[N+]5(C)CCC4CC5)cc3)cc2)cc1. The number of aryl methyl sites for hydroxylation is 1. The molecule has 6 rings (SSSR count). The molecule has 3 heterocycles. The van der Waals surface area contributed by atoms with Gasteiger partial charge in [-0.05, 0) is 47.6 Å². The predicted molar refractivity (Wildman–Crippen MR) is 123 cm³/mol. The van der Waals surface area contributed by atoms with E-state index in [1.807, 2.05) is 0 Å². The maximum atomic E-state index is 2.51. The molecule has 3 saturated heterocycles. The first kappa shape index (κ1) is 18.6. The van der Waals surface area contributed by atoms with Gasteiger partial charge in [0.2, 0.25) is 0 Å². The van der Waals surface area contributed by atoms with Crippen molar-refractivity contribution in [2.75, 3.05) is 26.7 Å². The number of hydrogen-bond donors (Lipinski definition) is 0. The highest BCUT2D eigenvalue weighted by atomic mass is 15.4. The minimum Gasteiger partial charge on any atom is -0.325 e. The van der Waals surface area contributed by atoms with Crippen molar-refractivity contribution in [3.05, 3.63) is 83.9 Å². The molecule has 1 atom stereocenters. The van der Waals surface area contributed by atoms with E-state index in [4.69, 9.17) is 0 Å². The summed E-state index contributed by atoms with van der Waals surface area (Å²) in [6, 6.07) is 27.2. The molecule has 0 aliphatic carbocycles. The van der Waals surface area contributed by atoms with Gasteiger partial charge < -0.3 is 4.48 Å². The van der Waals surface area contributed by atoms with Gasteiger partial charge in [0.05, 0.1) is 26.7 Å². The third-order valence-corrected chi connectivity index (χ3v) is 7.79. The Morgan fingerprint density at radius 3 is 1.55 bits per heavy atom. The van der Waals surface area contributed by atoms with Crippen LogP contribution in [0.4, 0.5) is 0 Å². The Bertz CT molecular complexity index is 990. The maximum Gasteiger partial charge on any atom is 0.0882 e. The van der Waals surface area contributed by atoms with Crippen LogP contribution in [0.15, 0.2) is 72.8 Å². The van der Waals surface area contributed by atoms with E-state index in [1.165, 1.54) is 70.3 Å². The van der Waals surface area contributed by atoms with Gasteiger partial charge in [-0.15, -0.1) is 0 Å². The molecule has 3 aromatic carbocycles. The molecule has 3 aliphatic heterocycles. The topological polar surface area (TPSA) is 0 Å². The maximum absolute atomic E-state index is 2.51. The lowest BCUT2D eigenvalue weighted by atomic mass is 9.63. The van der Waals surface area contributed by atoms with E-state index in [2.05, 4.69) is 93.7 Å². The smallest absolute Gasteiger partial charge is 0.0882 e. The lowest BCUT2D eigenvalue weighted by molar-refractivity contribution is -0.930. The molecule has 29 heavy (non-hydrogen) atoms. The van der Waals surface area contributed by atoms with Gasteiger partial charge in [-0.1, -0.05) is 78.4 Å². The first-order chi connectivity index (χ1) is 14.0. The molecule has 0 saturated carbocycles. The molecule has 2 bridgehead atoms. The van der Waals surface area contributed by atoms with Crippen molar-refractivity contribution in [1.29, 1.82) is 0 Å². The van der Waals surface area contributed by atoms with E-state index >= 15 is 0 Å². The summed E-state index contributed by atoms with van der Waals surface area (Å²) in [6.45, 7) is 8.67. The molecule has 0 radical (unpaired) electrons. The zero-order chi connectivity index (χ0) is 20.1. The van der Waals surface area contributed by atoms with Crippen molar-refractivity contribution < 1.29 is 4.48 Å². The van der Waals surface area contributed by atoms with E-state index < -0.39 is 0 Å². The second-order valence-corrected chi connectivity index (χ2v) is 9.94. The van der Waals surface area contributed by atoms with Gasteiger partial charge in [-0.25, -0.2) is 0 Å². The zero-order valence-electron chi connectivity index (χ0n) is 18.0. The number of quaternary nitrogens is 1. The number of piperidine rings is 3. The summed E-state index contributed by atoms with van der Waals surface area (Å²) in [5, 5.41) is 0. The summed E-state index contributed by atoms with van der Waals surface area (Å²) in [6.07, 6.45) is 2.77. The van der Waals surface area contributed by atoms with Crippen molar-refractivity contribution in [2.45, 2.75) is 32.1 Å². The molecule has 3 fully saturated rings. The average Bonchev–Trinajstić information content (AvgIpc) is 2.74. The van der Waals surface area contributed by atoms with Crippen LogP contribution in [0.2, 0.25) is 0 Å². The van der Waals surface area contributed by atoms with Crippen LogP contribution in [0.5, 0.6) is 0 Å². The lowest BCUT2D eigenvalue weighted by Gasteiger charge is -2.56. The third kappa shape index (κ3) is 3.32. The van der Waals surface area contributed by atoms with Crippen molar-refractivity contribution >= 4 is 0 Å². The highest BCUT2D eigenvalue weighted by molar-refractivity contribution is 5.70. The van der Waals surface area contributed by atoms with Gasteiger partial charge in [-0.2, -0.15) is 0 Å². The standard InChI is InChI=1S/C28H32N/c1-21-4-6-22(7-5-21)23-8-10-24(11-9-23)25-12-14-26(15-13-25)28(2)20-29(3)18-16-27(28)17-19-29/h4-15,27H,16-20H2,1-3H3/q+1/t27?,28-,29?/m1/s1. The largest absolute Gasteiger partial charge is 0.325 e. The lowest BCUT2D eigenvalue weighted by Crippen LogP contribution is -2.64. The second-order valence-electron chi connectivity index (χ2n) is 9.94. The summed E-state index contributed by atoms with van der Waals surface area (Å²) < 4.78 is 1.26. The van der Waals surface area contributed by atoms with Gasteiger partial charge in [0.1, 0.15) is 0 Å². The Morgan fingerprint density at radius 1 is 0.690 bits per heavy atom. The van der Waals surface area contributed by atoms with Crippen LogP contribution < -0.4 is 0 Å². The van der Waals surface area contributed by atoms with Crippen LogP contribution in [-0.4, -0.2) is 31.2 Å². The minimum atomic E-state index is 0.332. The molecule has 3 aromatic rings. The van der Waals surface area contributed by atoms with E-state index in [0.717, 1.165) is 5.92 Å². The Kier molecular flexibility index (Phi) is 4.40. The van der Waals surface area contributed by atoms with E-state index in [-0.39, 0.29) is 0 Å². The minimum absolute atomic E-state index is 0.332. The van der Waals surface area contributed by atoms with Crippen LogP contribution >= 0.6 is 0 Å². The fourth-order valence-electron chi connectivity index (χ4n) is 5.88. The number of nitrogens with zero attached hydrogens (tertiary/aromatic N) is 1. The molecule has 148 valence electrons. The monoisotopic (exact) mass is 382 g/mol. The molecular formula is C28H32N+. The Morgan fingerprint density at radius 2 is 1.10 bits per heavy atom. The fourth-order valence-corrected chi connectivity index (χ4v) is 5.88. The molecule has 1 nitrogen and oxygen atoms in total. The molecule has 0 N–H and O–H groups in total. The van der Waals surface area contributed by atoms with Crippen molar-refractivity contribution in [1.82, 2.24) is 0 Å². The fraction of sp³-hybridized carbons (Fsp3) is 0.357. The molecule has 0 aromatic heterocycles. The summed E-state index contributed by atoms with van der Waals surface area (Å²) in [5.41, 5.74) is 8.34. The van der Waals surface area contributed by atoms with E-state index in [1.54, 1.807) is 0 Å². The third-order valence-electron chi connectivity index (χ3n) is 7.79. The van der Waals surface area contributed by atoms with Crippen LogP contribution in [0.3, 0.4) is 0 Å². The van der Waals surface area contributed by atoms with Crippen molar-refractivity contribution in [3.8, 4) is 22.3 Å². The quantitative estimate of drug-likeness (QED) is 0.456. The summed E-state index contributed by atoms with van der Waals surface area (Å²) in [5.74, 6) is 0.849. The Hall–Kier alpha value is -2.38. The van der Waals surface area contributed by atoms with Gasteiger partial charge in [0.15, 0.2) is 0 Å². The van der Waals surface area contributed by atoms with Crippen LogP contribution in [0.1, 0.15) is 30.9 Å². The van der Waals surface area contributed by atoms with Gasteiger partial charge in [0.25, 0.3) is 0 Å². The molecule has 3 aliphatic rings. The molecule has 0 unspecified atom stereocenters. The van der Waals surface area contributed by atoms with Gasteiger partial charge in [0, 0.05) is 18.3 Å². The van der Waals surface area contributed by atoms with Crippen LogP contribution in [-0.2, 0) is 5.41 Å². The van der Waals surface area contributed by atoms with Gasteiger partial charge in [-0.3, -0.25) is 0 Å². The van der Waals surface area contributed by atoms with Crippen LogP contribution in [0, 0.1) is 12.8 Å². The highest BCUT2D eigenvalue weighted by Gasteiger charge is 2.51. The second kappa shape index (κ2) is 6.85. The number of fused-ring (bicyclic) bond motifs is 3. The van der Waals surface area contributed by atoms with Crippen molar-refractivity contribution in [3.63, 3.8) is 0 Å². The number of hydrogen-bond acceptors (Lipinski definition) is 0. The Balaban J connectivity index is 1.38. The predicted octanol–water partition coefficient (Wildman–Crippen LogP) is 6.46. The normalized spacial score (nSPS) is 28.4. The average molecular weight is 383 g/mol. The van der Waals surface area contributed by atoms with Crippen LogP contribution in [0.25, 0.3) is 22.3 Å². The molecule has 0 amide bonds. The van der Waals surface area contributed by atoms with Crippen molar-refractivity contribution in [2.24, 2.45) is 5.92 Å². The summed E-state index contributed by atoms with van der Waals surface area (Å²) in [4.78, 5) is 0. The zero-order valence-corrected chi connectivity index (χ0v) is 18.0.